The fourth-order valence-electron chi connectivity index (χ4n) is 16.8. The van der Waals surface area contributed by atoms with Crippen LogP contribution < -0.4 is 30.9 Å². The van der Waals surface area contributed by atoms with Crippen LogP contribution in [-0.4, -0.2) is 15.8 Å². The number of anilines is 6. The molecule has 0 spiro atoms. The first-order chi connectivity index (χ1) is 49.3. The van der Waals surface area contributed by atoms with Crippen molar-refractivity contribution in [1.29, 1.82) is 0 Å². The Hall–Kier alpha value is -12.6. The molecule has 20 rings (SSSR count). The maximum atomic E-state index is 7.48. The number of hydrogen-bond acceptors (Lipinski definition) is 3. The predicted octanol–water partition coefficient (Wildman–Crippen LogP) is 23.4. The molecule has 5 nitrogen and oxygen atoms in total. The third-order valence-electron chi connectivity index (χ3n) is 21.2. The zero-order valence-electron chi connectivity index (χ0n) is 55.6. The number of nitrogens with zero attached hydrogens (tertiary/aromatic N) is 4. The van der Waals surface area contributed by atoms with Gasteiger partial charge in [-0.3, -0.25) is 0 Å². The van der Waals surface area contributed by atoms with Crippen LogP contribution in [0.5, 0.6) is 11.5 Å². The Morgan fingerprint density at radius 2 is 0.680 bits per heavy atom. The second-order valence-electron chi connectivity index (χ2n) is 27.9. The highest BCUT2D eigenvalue weighted by atomic mass is 16.5. The minimum Gasteiger partial charge on any atom is -0.456 e. The second-order valence-corrected chi connectivity index (χ2v) is 27.9. The summed E-state index contributed by atoms with van der Waals surface area (Å²) in [6.45, 7) is 6.71. The number of rotatable bonds is 7. The fraction of sp³-hybridized carbons (Fsp3) is 0.0426. The number of fused-ring (bicyclic) bond motifs is 16. The van der Waals surface area contributed by atoms with Gasteiger partial charge < -0.3 is 23.7 Å². The highest BCUT2D eigenvalue weighted by molar-refractivity contribution is 7.00. The number of ether oxygens (including phenoxy) is 1. The molecule has 0 fully saturated rings. The molecule has 0 saturated heterocycles. The van der Waals surface area contributed by atoms with Crippen LogP contribution in [0, 0.1) is 0 Å². The summed E-state index contributed by atoms with van der Waals surface area (Å²) in [4.78, 5) is 5.42. The maximum absolute atomic E-state index is 7.48. The van der Waals surface area contributed by atoms with Gasteiger partial charge in [-0.2, -0.15) is 0 Å². The topological polar surface area (TPSA) is 25.6 Å². The van der Waals surface area contributed by atoms with Gasteiger partial charge in [0.2, 0.25) is 0 Å². The van der Waals surface area contributed by atoms with Crippen molar-refractivity contribution >= 4 is 101 Å². The van der Waals surface area contributed by atoms with E-state index in [0.717, 1.165) is 146 Å². The van der Waals surface area contributed by atoms with Crippen LogP contribution in [0.15, 0.2) is 340 Å². The second kappa shape index (κ2) is 22.5. The van der Waals surface area contributed by atoms with E-state index in [1.807, 2.05) is 0 Å². The number of hydrogen-bond donors (Lipinski definition) is 0. The van der Waals surface area contributed by atoms with Gasteiger partial charge in [-0.05, 0) is 134 Å². The highest BCUT2D eigenvalue weighted by Crippen LogP contribution is 2.58. The first kappa shape index (κ1) is 57.6. The smallest absolute Gasteiger partial charge is 0.252 e. The third kappa shape index (κ3) is 8.83. The van der Waals surface area contributed by atoms with E-state index in [1.54, 1.807) is 0 Å². The lowest BCUT2D eigenvalue weighted by atomic mass is 9.33. The van der Waals surface area contributed by atoms with Gasteiger partial charge in [0.1, 0.15) is 11.5 Å². The van der Waals surface area contributed by atoms with Crippen LogP contribution in [0.25, 0.3) is 122 Å². The molecule has 0 saturated carbocycles. The molecule has 2 aromatic heterocycles. The van der Waals surface area contributed by atoms with E-state index in [-0.39, 0.29) is 12.1 Å². The molecule has 100 heavy (non-hydrogen) atoms. The maximum Gasteiger partial charge on any atom is 0.252 e. The molecular weight excluding hydrogens is 1210 g/mol. The molecular formula is C94H65BN4O. The molecule has 3 aliphatic heterocycles. The molecule has 0 unspecified atom stereocenters. The van der Waals surface area contributed by atoms with Crippen molar-refractivity contribution in [3.8, 4) is 89.6 Å². The largest absolute Gasteiger partial charge is 0.456 e. The van der Waals surface area contributed by atoms with Crippen molar-refractivity contribution < 1.29 is 4.74 Å². The molecule has 0 atom stereocenters. The lowest BCUT2D eigenvalue weighted by Crippen LogP contribution is -2.61. The average Bonchev–Trinajstić information content (AvgIpc) is 0.878. The summed E-state index contributed by atoms with van der Waals surface area (Å²) >= 11 is 0. The minimum atomic E-state index is -0.339. The van der Waals surface area contributed by atoms with E-state index >= 15 is 0 Å². The third-order valence-corrected chi connectivity index (χ3v) is 21.2. The number of benzene rings is 15. The van der Waals surface area contributed by atoms with Crippen molar-refractivity contribution in [3.05, 3.63) is 345 Å². The zero-order chi connectivity index (χ0) is 66.3. The summed E-state index contributed by atoms with van der Waals surface area (Å²) < 4.78 is 12.5. The monoisotopic (exact) mass is 1280 g/mol. The Morgan fingerprint density at radius 1 is 0.270 bits per heavy atom. The quantitative estimate of drug-likeness (QED) is 0.149. The van der Waals surface area contributed by atoms with Crippen LogP contribution in [0.1, 0.15) is 26.3 Å². The number of para-hydroxylation sites is 7. The van der Waals surface area contributed by atoms with Gasteiger partial charge in [0.25, 0.3) is 6.71 Å². The SMILES string of the molecule is CC(C)(C)c1cc(-c2ccccc2)c(N2c3cc(-n4c5ccccc5c5ccccc54)ccc3B3c4cc(-c5ccccc5)cc5c4N(c4cc(-n6c7ccccc7c7ccccc76)cc2c43)c2c(-c3ccccc3)cccc2-c2ccccc2Oc2ccccc2-5)c(-c2ccccc2)c1. The van der Waals surface area contributed by atoms with Gasteiger partial charge in [0.05, 0.1) is 39.1 Å². The molecule has 0 aliphatic carbocycles. The Kier molecular flexibility index (Phi) is 12.9. The van der Waals surface area contributed by atoms with Crippen molar-refractivity contribution in [2.45, 2.75) is 26.2 Å². The molecule has 0 amide bonds. The first-order valence-electron chi connectivity index (χ1n) is 34.8. The van der Waals surface area contributed by atoms with Gasteiger partial charge in [-0.15, -0.1) is 0 Å². The van der Waals surface area contributed by atoms with E-state index in [9.17, 15) is 0 Å². The molecule has 0 radical (unpaired) electrons. The zero-order valence-corrected chi connectivity index (χ0v) is 55.6. The normalized spacial score (nSPS) is 12.8. The minimum absolute atomic E-state index is 0.219. The molecule has 470 valence electrons. The Balaban J connectivity index is 1.03. The van der Waals surface area contributed by atoms with Crippen LogP contribution in [0.3, 0.4) is 0 Å². The average molecular weight is 1280 g/mol. The van der Waals surface area contributed by atoms with E-state index in [1.165, 1.54) is 43.5 Å². The fourth-order valence-corrected chi connectivity index (χ4v) is 16.8. The van der Waals surface area contributed by atoms with Gasteiger partial charge >= 0.3 is 0 Å². The van der Waals surface area contributed by atoms with E-state index in [2.05, 4.69) is 379 Å². The van der Waals surface area contributed by atoms with Crippen molar-refractivity contribution in [2.24, 2.45) is 0 Å². The number of aromatic nitrogens is 2. The lowest BCUT2D eigenvalue weighted by molar-refractivity contribution is 0.486. The van der Waals surface area contributed by atoms with Crippen LogP contribution in [-0.2, 0) is 5.41 Å². The summed E-state index contributed by atoms with van der Waals surface area (Å²) in [5.41, 5.74) is 30.9. The van der Waals surface area contributed by atoms with Gasteiger partial charge in [-0.1, -0.05) is 282 Å². The summed E-state index contributed by atoms with van der Waals surface area (Å²) in [5.74, 6) is 1.56. The van der Waals surface area contributed by atoms with Gasteiger partial charge in [-0.25, -0.2) is 0 Å². The Labute approximate surface area is 582 Å². The lowest BCUT2D eigenvalue weighted by Gasteiger charge is -2.47. The summed E-state index contributed by atoms with van der Waals surface area (Å²) in [7, 11) is 0. The van der Waals surface area contributed by atoms with E-state index in [0.29, 0.717) is 0 Å². The Bertz CT molecular complexity index is 6020. The van der Waals surface area contributed by atoms with Crippen molar-refractivity contribution in [1.82, 2.24) is 9.13 Å². The Morgan fingerprint density at radius 3 is 1.21 bits per heavy atom. The van der Waals surface area contributed by atoms with Crippen LogP contribution in [0.4, 0.5) is 34.1 Å². The molecule has 17 aromatic rings. The molecule has 6 heteroatoms. The molecule has 15 aromatic carbocycles. The molecule has 0 N–H and O–H groups in total. The van der Waals surface area contributed by atoms with Crippen molar-refractivity contribution in [3.63, 3.8) is 0 Å². The van der Waals surface area contributed by atoms with Gasteiger partial charge in [0, 0.05) is 88.9 Å². The standard InChI is InChI=1S/C94H65BN4O/c1-94(2,3)65-55-76(62-33-12-6-13-34-62)92(77(56-65)63-35-14-7-15-36-63)98-85-57-66(96-81-45-22-16-37-69(81)70-38-17-23-46-82(70)96)51-52-79(85)95-80-54-64(60-29-8-4-9-30-60)53-78-74-42-21-27-50-89(74)100-88-49-26-20-41-73(88)75-44-28-43-68(61-31-10-5-11-32-61)91(75)99(93(78)80)87-59-67(58-86(98)90(87)95)97-83-47-24-18-39-71(83)72-40-19-25-48-84(72)97/h4-59H,1-3H3. The predicted molar refractivity (Wildman–Crippen MR) is 421 cm³/mol. The van der Waals surface area contributed by atoms with Crippen molar-refractivity contribution in [2.75, 3.05) is 9.80 Å². The molecule has 0 bridgehead atoms. The van der Waals surface area contributed by atoms with E-state index < -0.39 is 0 Å². The van der Waals surface area contributed by atoms with Crippen LogP contribution >= 0.6 is 0 Å². The summed E-state index contributed by atoms with van der Waals surface area (Å²) in [5, 5.41) is 4.82. The molecule has 5 heterocycles. The van der Waals surface area contributed by atoms with Gasteiger partial charge in [0.15, 0.2) is 0 Å². The first-order valence-corrected chi connectivity index (χ1v) is 34.8. The molecule has 3 aliphatic rings. The van der Waals surface area contributed by atoms with E-state index in [4.69, 9.17) is 4.74 Å². The highest BCUT2D eigenvalue weighted by Gasteiger charge is 2.47. The summed E-state index contributed by atoms with van der Waals surface area (Å²) in [6.07, 6.45) is 0. The van der Waals surface area contributed by atoms with Crippen LogP contribution in [0.2, 0.25) is 0 Å². The summed E-state index contributed by atoms with van der Waals surface area (Å²) in [6, 6.07) is 127.